The lowest BCUT2D eigenvalue weighted by Crippen LogP contribution is -3.06. The first kappa shape index (κ1) is 16.6. The van der Waals surface area contributed by atoms with Gasteiger partial charge in [0.1, 0.15) is 5.56 Å². The molecule has 3 atom stereocenters. The Balaban J connectivity index is 1.66. The van der Waals surface area contributed by atoms with Gasteiger partial charge in [-0.2, -0.15) is 9.67 Å². The number of aliphatic imine (C=N–C) groups is 1. The van der Waals surface area contributed by atoms with Crippen LogP contribution in [0.25, 0.3) is 5.82 Å². The number of carbonyl (C=O) groups excluding carboxylic acids is 1. The van der Waals surface area contributed by atoms with Gasteiger partial charge in [0, 0.05) is 25.6 Å². The molecule has 3 aliphatic heterocycles. The van der Waals surface area contributed by atoms with Crippen molar-refractivity contribution in [3.8, 4) is 0 Å². The third-order valence-electron chi connectivity index (χ3n) is 5.47. The molecule has 1 saturated heterocycles. The third-order valence-corrected chi connectivity index (χ3v) is 5.79. The van der Waals surface area contributed by atoms with Crippen LogP contribution in [0.2, 0.25) is 5.02 Å². The molecule has 27 heavy (non-hydrogen) atoms. The highest BCUT2D eigenvalue weighted by Gasteiger charge is 2.44. The predicted molar refractivity (Wildman–Crippen MR) is 98.7 cm³/mol. The van der Waals surface area contributed by atoms with Gasteiger partial charge in [-0.25, -0.2) is 4.90 Å². The molecule has 0 saturated carbocycles. The number of carbonyl (C=O) groups is 1. The maximum absolute atomic E-state index is 13.0. The molecular weight excluding hydrogens is 368 g/mol. The van der Waals surface area contributed by atoms with Gasteiger partial charge in [-0.1, -0.05) is 22.9 Å². The number of aromatic nitrogens is 3. The van der Waals surface area contributed by atoms with E-state index in [-0.39, 0.29) is 17.9 Å². The van der Waals surface area contributed by atoms with E-state index in [1.807, 2.05) is 12.1 Å². The minimum atomic E-state index is -0.156. The first-order valence-electron chi connectivity index (χ1n) is 8.83. The Morgan fingerprint density at radius 3 is 3.00 bits per heavy atom. The van der Waals surface area contributed by atoms with Crippen LogP contribution in [0.1, 0.15) is 35.3 Å². The number of nitrogens with one attached hydrogen (secondary N) is 1. The molecule has 138 valence electrons. The van der Waals surface area contributed by atoms with Gasteiger partial charge in [0.05, 0.1) is 23.0 Å². The van der Waals surface area contributed by atoms with Crippen molar-refractivity contribution in [2.75, 3.05) is 13.7 Å². The molecule has 2 aromatic rings. The number of rotatable bonds is 2. The van der Waals surface area contributed by atoms with E-state index in [0.717, 1.165) is 22.7 Å². The molecule has 1 N–H and O–H groups in total. The Morgan fingerprint density at radius 2 is 2.22 bits per heavy atom. The number of hydrogen-bond donors (Lipinski definition) is 1. The highest BCUT2D eigenvalue weighted by atomic mass is 35.5. The van der Waals surface area contributed by atoms with Crippen molar-refractivity contribution in [2.45, 2.75) is 25.4 Å². The van der Waals surface area contributed by atoms with E-state index >= 15 is 0 Å². The van der Waals surface area contributed by atoms with Crippen molar-refractivity contribution >= 4 is 35.4 Å². The molecule has 1 amide bonds. The van der Waals surface area contributed by atoms with Crippen LogP contribution in [0, 0.1) is 0 Å². The van der Waals surface area contributed by atoms with Crippen molar-refractivity contribution in [3.05, 3.63) is 46.5 Å². The molecule has 0 radical (unpaired) electrons. The minimum Gasteiger partial charge on any atom is -0.378 e. The second-order valence-corrected chi connectivity index (χ2v) is 7.32. The number of nitrogens with zero attached hydrogens (tertiary/aromatic N) is 5. The fraction of sp³-hybridized carbons (Fsp3) is 0.333. The van der Waals surface area contributed by atoms with Crippen LogP contribution in [0.15, 0.2) is 35.2 Å². The van der Waals surface area contributed by atoms with Crippen LogP contribution >= 0.6 is 11.6 Å². The quantitative estimate of drug-likeness (QED) is 0.844. The Labute approximate surface area is 160 Å². The molecule has 3 unspecified atom stereocenters. The van der Waals surface area contributed by atoms with Crippen LogP contribution in [-0.2, 0) is 4.74 Å². The molecule has 8 nitrogen and oxygen atoms in total. The summed E-state index contributed by atoms with van der Waals surface area (Å²) in [6, 6.07) is 5.46. The molecule has 9 heteroatoms. The van der Waals surface area contributed by atoms with Gasteiger partial charge in [-0.05, 0) is 19.4 Å². The summed E-state index contributed by atoms with van der Waals surface area (Å²) >= 11 is 6.29. The number of benzene rings is 1. The Bertz CT molecular complexity index is 1010. The summed E-state index contributed by atoms with van der Waals surface area (Å²) in [5.41, 5.74) is 2.24. The SMILES string of the molecule is CC1OCCC1c1cnnn1C1=C2N(C)C(=O)c3c(Cl)cccc3[NH+]2C=N1. The number of hydrogen-bond acceptors (Lipinski definition) is 5. The Morgan fingerprint density at radius 1 is 1.37 bits per heavy atom. The fourth-order valence-corrected chi connectivity index (χ4v) is 4.32. The Hall–Kier alpha value is -2.55. The molecule has 0 bridgehead atoms. The van der Waals surface area contributed by atoms with E-state index in [2.05, 4.69) is 22.2 Å². The fourth-order valence-electron chi connectivity index (χ4n) is 4.07. The van der Waals surface area contributed by atoms with Crippen molar-refractivity contribution in [2.24, 2.45) is 4.99 Å². The monoisotopic (exact) mass is 385 g/mol. The average molecular weight is 386 g/mol. The first-order valence-corrected chi connectivity index (χ1v) is 9.21. The highest BCUT2D eigenvalue weighted by molar-refractivity contribution is 6.34. The van der Waals surface area contributed by atoms with Gasteiger partial charge in [-0.15, -0.1) is 5.10 Å². The van der Waals surface area contributed by atoms with Crippen molar-refractivity contribution in [3.63, 3.8) is 0 Å². The zero-order valence-electron chi connectivity index (χ0n) is 14.9. The van der Waals surface area contributed by atoms with Crippen LogP contribution in [0.4, 0.5) is 5.69 Å². The molecule has 1 aromatic heterocycles. The smallest absolute Gasteiger partial charge is 0.269 e. The van der Waals surface area contributed by atoms with Gasteiger partial charge in [0.2, 0.25) is 12.2 Å². The standard InChI is InChI=1S/C18H17ClN6O2/c1-10-11(6-7-27-10)14-8-21-22-25(14)16-17-23(2)18(26)15-12(19)4-3-5-13(15)24(17)9-20-16/h3-5,8-11H,6-7H2,1-2H3/p+1. The molecule has 3 aliphatic rings. The van der Waals surface area contributed by atoms with Gasteiger partial charge in [-0.3, -0.25) is 9.69 Å². The topological polar surface area (TPSA) is 77.1 Å². The minimum absolute atomic E-state index is 0.0898. The second kappa shape index (κ2) is 5.98. The highest BCUT2D eigenvalue weighted by Crippen LogP contribution is 2.34. The van der Waals surface area contributed by atoms with Crippen molar-refractivity contribution in [1.29, 1.82) is 0 Å². The lowest BCUT2D eigenvalue weighted by atomic mass is 9.99. The predicted octanol–water partition coefficient (Wildman–Crippen LogP) is 1.25. The maximum Gasteiger partial charge on any atom is 0.269 e. The number of halogens is 1. The zero-order valence-corrected chi connectivity index (χ0v) is 15.6. The van der Waals surface area contributed by atoms with E-state index in [4.69, 9.17) is 16.3 Å². The lowest BCUT2D eigenvalue weighted by Gasteiger charge is -2.29. The molecule has 0 aliphatic carbocycles. The maximum atomic E-state index is 13.0. The van der Waals surface area contributed by atoms with E-state index in [9.17, 15) is 4.79 Å². The summed E-state index contributed by atoms with van der Waals surface area (Å²) in [6.07, 6.45) is 4.52. The summed E-state index contributed by atoms with van der Waals surface area (Å²) in [5.74, 6) is 1.35. The molecule has 4 heterocycles. The summed E-state index contributed by atoms with van der Waals surface area (Å²) in [5, 5.41) is 8.81. The summed E-state index contributed by atoms with van der Waals surface area (Å²) in [6.45, 7) is 2.77. The normalized spacial score (nSPS) is 26.7. The number of quaternary nitrogens is 1. The molecule has 1 aromatic carbocycles. The average Bonchev–Trinajstić information content (AvgIpc) is 3.37. The molecular formula is C18H18ClN6O2+. The van der Waals surface area contributed by atoms with Gasteiger partial charge in [0.25, 0.3) is 11.7 Å². The van der Waals surface area contributed by atoms with Crippen LogP contribution < -0.4 is 4.90 Å². The molecule has 1 fully saturated rings. The van der Waals surface area contributed by atoms with Gasteiger partial charge >= 0.3 is 0 Å². The van der Waals surface area contributed by atoms with E-state index in [0.29, 0.717) is 28.8 Å². The number of amides is 1. The van der Waals surface area contributed by atoms with Gasteiger partial charge < -0.3 is 4.74 Å². The third kappa shape index (κ3) is 2.30. The van der Waals surface area contributed by atoms with Crippen LogP contribution in [-0.4, -0.2) is 51.9 Å². The number of fused-ring (bicyclic) bond motifs is 3. The van der Waals surface area contributed by atoms with Crippen molar-refractivity contribution in [1.82, 2.24) is 19.9 Å². The lowest BCUT2D eigenvalue weighted by molar-refractivity contribution is -0.685. The van der Waals surface area contributed by atoms with E-state index in [1.54, 1.807) is 35.2 Å². The van der Waals surface area contributed by atoms with E-state index < -0.39 is 0 Å². The zero-order chi connectivity index (χ0) is 18.7. The van der Waals surface area contributed by atoms with Crippen LogP contribution in [0.5, 0.6) is 0 Å². The summed E-state index contributed by atoms with van der Waals surface area (Å²) < 4.78 is 7.43. The summed E-state index contributed by atoms with van der Waals surface area (Å²) in [4.78, 5) is 20.0. The second-order valence-electron chi connectivity index (χ2n) is 6.91. The molecule has 5 rings (SSSR count). The largest absolute Gasteiger partial charge is 0.378 e. The number of ether oxygens (including phenoxy) is 1. The van der Waals surface area contributed by atoms with Gasteiger partial charge in [0.15, 0.2) is 5.69 Å². The first-order chi connectivity index (χ1) is 13.1. The Kier molecular flexibility index (Phi) is 3.68. The summed E-state index contributed by atoms with van der Waals surface area (Å²) in [7, 11) is 1.73. The molecule has 0 spiro atoms. The van der Waals surface area contributed by atoms with E-state index in [1.165, 1.54) is 0 Å². The van der Waals surface area contributed by atoms with Crippen molar-refractivity contribution < 1.29 is 14.4 Å². The van der Waals surface area contributed by atoms with Crippen LogP contribution in [0.3, 0.4) is 0 Å².